The number of carboxylic acids is 1. The molecule has 1 N–H and O–H groups in total. The standard InChI is InChI=1S/C18H27NO4/c1-13(2)8-10-23-17-11-14(6-7-16(17)22-3)12-19-9-4-5-15(19)18(20)21/h6-7,11,13,15H,4-5,8-10,12H2,1-3H3,(H,20,21)/t15-/m1/s1. The number of carboxylic acid groups (broad SMARTS) is 1. The lowest BCUT2D eigenvalue weighted by Gasteiger charge is -2.21. The minimum atomic E-state index is -0.732. The molecule has 2 rings (SSSR count). The summed E-state index contributed by atoms with van der Waals surface area (Å²) in [5.74, 6) is 1.31. The lowest BCUT2D eigenvalue weighted by Crippen LogP contribution is -2.35. The van der Waals surface area contributed by atoms with Crippen molar-refractivity contribution in [1.82, 2.24) is 4.90 Å². The summed E-state index contributed by atoms with van der Waals surface area (Å²) in [6.45, 7) is 6.43. The number of aliphatic carboxylic acids is 1. The Morgan fingerprint density at radius 2 is 2.17 bits per heavy atom. The van der Waals surface area contributed by atoms with Crippen LogP contribution in [0.2, 0.25) is 0 Å². The third kappa shape index (κ3) is 4.86. The molecule has 23 heavy (non-hydrogen) atoms. The van der Waals surface area contributed by atoms with Crippen LogP contribution in [-0.2, 0) is 11.3 Å². The monoisotopic (exact) mass is 321 g/mol. The molecule has 1 atom stereocenters. The van der Waals surface area contributed by atoms with Crippen LogP contribution < -0.4 is 9.47 Å². The van der Waals surface area contributed by atoms with Gasteiger partial charge in [-0.25, -0.2) is 0 Å². The molecule has 1 aromatic rings. The molecule has 0 aliphatic carbocycles. The zero-order valence-corrected chi connectivity index (χ0v) is 14.2. The van der Waals surface area contributed by atoms with Gasteiger partial charge in [0.25, 0.3) is 0 Å². The van der Waals surface area contributed by atoms with Crippen molar-refractivity contribution in [1.29, 1.82) is 0 Å². The molecule has 1 fully saturated rings. The summed E-state index contributed by atoms with van der Waals surface area (Å²) in [6.07, 6.45) is 2.65. The fourth-order valence-electron chi connectivity index (χ4n) is 2.87. The maximum absolute atomic E-state index is 11.3. The highest BCUT2D eigenvalue weighted by Gasteiger charge is 2.30. The van der Waals surface area contributed by atoms with Crippen molar-refractivity contribution in [2.75, 3.05) is 20.3 Å². The summed E-state index contributed by atoms with van der Waals surface area (Å²) >= 11 is 0. The van der Waals surface area contributed by atoms with E-state index in [-0.39, 0.29) is 6.04 Å². The summed E-state index contributed by atoms with van der Waals surface area (Å²) in [7, 11) is 1.63. The van der Waals surface area contributed by atoms with E-state index >= 15 is 0 Å². The van der Waals surface area contributed by atoms with Crippen molar-refractivity contribution in [3.05, 3.63) is 23.8 Å². The van der Waals surface area contributed by atoms with E-state index in [2.05, 4.69) is 13.8 Å². The predicted octanol–water partition coefficient (Wildman–Crippen LogP) is 3.17. The number of nitrogens with zero attached hydrogens (tertiary/aromatic N) is 1. The van der Waals surface area contributed by atoms with E-state index in [0.29, 0.717) is 24.8 Å². The number of hydrogen-bond donors (Lipinski definition) is 1. The lowest BCUT2D eigenvalue weighted by atomic mass is 10.1. The molecule has 128 valence electrons. The average molecular weight is 321 g/mol. The Kier molecular flexibility index (Phi) is 6.28. The smallest absolute Gasteiger partial charge is 0.320 e. The van der Waals surface area contributed by atoms with Gasteiger partial charge in [0, 0.05) is 6.54 Å². The number of likely N-dealkylation sites (tertiary alicyclic amines) is 1. The van der Waals surface area contributed by atoms with Crippen LogP contribution >= 0.6 is 0 Å². The second-order valence-corrected chi connectivity index (χ2v) is 6.48. The second kappa shape index (κ2) is 8.20. The summed E-state index contributed by atoms with van der Waals surface area (Å²) < 4.78 is 11.2. The van der Waals surface area contributed by atoms with Crippen molar-refractivity contribution in [2.45, 2.75) is 45.7 Å². The van der Waals surface area contributed by atoms with Gasteiger partial charge in [-0.3, -0.25) is 9.69 Å². The Morgan fingerprint density at radius 3 is 2.83 bits per heavy atom. The molecule has 1 saturated heterocycles. The van der Waals surface area contributed by atoms with Crippen LogP contribution in [0.25, 0.3) is 0 Å². The van der Waals surface area contributed by atoms with Crippen molar-refractivity contribution < 1.29 is 19.4 Å². The zero-order valence-electron chi connectivity index (χ0n) is 14.2. The highest BCUT2D eigenvalue weighted by atomic mass is 16.5. The quantitative estimate of drug-likeness (QED) is 0.797. The van der Waals surface area contributed by atoms with Gasteiger partial charge in [0.2, 0.25) is 0 Å². The highest BCUT2D eigenvalue weighted by Crippen LogP contribution is 2.30. The molecule has 1 aliphatic heterocycles. The minimum Gasteiger partial charge on any atom is -0.493 e. The number of carbonyl (C=O) groups is 1. The van der Waals surface area contributed by atoms with Crippen molar-refractivity contribution >= 4 is 5.97 Å². The van der Waals surface area contributed by atoms with Crippen LogP contribution in [0.3, 0.4) is 0 Å². The molecule has 5 nitrogen and oxygen atoms in total. The summed E-state index contributed by atoms with van der Waals surface area (Å²) in [4.78, 5) is 13.3. The van der Waals surface area contributed by atoms with Gasteiger partial charge in [0.1, 0.15) is 6.04 Å². The predicted molar refractivity (Wildman–Crippen MR) is 89.0 cm³/mol. The fourth-order valence-corrected chi connectivity index (χ4v) is 2.87. The van der Waals surface area contributed by atoms with E-state index in [0.717, 1.165) is 37.1 Å². The largest absolute Gasteiger partial charge is 0.493 e. The number of hydrogen-bond acceptors (Lipinski definition) is 4. The van der Waals surface area contributed by atoms with Crippen molar-refractivity contribution in [2.24, 2.45) is 5.92 Å². The Labute approximate surface area is 138 Å². The first-order valence-electron chi connectivity index (χ1n) is 8.28. The summed E-state index contributed by atoms with van der Waals surface area (Å²) in [6, 6.07) is 5.47. The molecule has 0 amide bonds. The average Bonchev–Trinajstić information content (AvgIpc) is 2.95. The number of benzene rings is 1. The first-order chi connectivity index (χ1) is 11.0. The molecule has 1 aliphatic rings. The van der Waals surface area contributed by atoms with Crippen LogP contribution in [0, 0.1) is 5.92 Å². The number of methoxy groups -OCH3 is 1. The highest BCUT2D eigenvalue weighted by molar-refractivity contribution is 5.73. The Morgan fingerprint density at radius 1 is 1.39 bits per heavy atom. The van der Waals surface area contributed by atoms with Gasteiger partial charge in [-0.2, -0.15) is 0 Å². The third-order valence-corrected chi connectivity index (χ3v) is 4.22. The normalized spacial score (nSPS) is 18.3. The lowest BCUT2D eigenvalue weighted by molar-refractivity contribution is -0.142. The van der Waals surface area contributed by atoms with Crippen molar-refractivity contribution in [3.63, 3.8) is 0 Å². The van der Waals surface area contributed by atoms with Gasteiger partial charge < -0.3 is 14.6 Å². The molecule has 1 heterocycles. The molecule has 0 spiro atoms. The molecule has 0 aromatic heterocycles. The van der Waals surface area contributed by atoms with Crippen LogP contribution in [-0.4, -0.2) is 42.3 Å². The van der Waals surface area contributed by atoms with Gasteiger partial charge in [0.15, 0.2) is 11.5 Å². The molecular weight excluding hydrogens is 294 g/mol. The maximum atomic E-state index is 11.3. The summed E-state index contributed by atoms with van der Waals surface area (Å²) in [5.41, 5.74) is 1.05. The van der Waals surface area contributed by atoms with Gasteiger partial charge >= 0.3 is 5.97 Å². The van der Waals surface area contributed by atoms with Gasteiger partial charge in [-0.05, 0) is 49.4 Å². The van der Waals surface area contributed by atoms with E-state index in [4.69, 9.17) is 9.47 Å². The number of rotatable bonds is 8. The van der Waals surface area contributed by atoms with Crippen LogP contribution in [0.15, 0.2) is 18.2 Å². The Hall–Kier alpha value is -1.75. The van der Waals surface area contributed by atoms with Crippen LogP contribution in [0.1, 0.15) is 38.7 Å². The molecular formula is C18H27NO4. The van der Waals surface area contributed by atoms with Crippen molar-refractivity contribution in [3.8, 4) is 11.5 Å². The van der Waals surface area contributed by atoms with Crippen LogP contribution in [0.5, 0.6) is 11.5 Å². The Bertz CT molecular complexity index is 530. The SMILES string of the molecule is COc1ccc(CN2CCC[C@@H]2C(=O)O)cc1OCCC(C)C. The van der Waals surface area contributed by atoms with E-state index in [1.165, 1.54) is 0 Å². The molecule has 5 heteroatoms. The molecule has 0 bridgehead atoms. The zero-order chi connectivity index (χ0) is 16.8. The topological polar surface area (TPSA) is 59.0 Å². The summed E-state index contributed by atoms with van der Waals surface area (Å²) in [5, 5.41) is 9.28. The van der Waals surface area contributed by atoms with Gasteiger partial charge in [-0.15, -0.1) is 0 Å². The van der Waals surface area contributed by atoms with E-state index in [1.807, 2.05) is 23.1 Å². The molecule has 0 unspecified atom stereocenters. The molecule has 1 aromatic carbocycles. The first kappa shape index (κ1) is 17.6. The molecule has 0 saturated carbocycles. The van der Waals surface area contributed by atoms with E-state index in [9.17, 15) is 9.90 Å². The second-order valence-electron chi connectivity index (χ2n) is 6.48. The number of ether oxygens (including phenoxy) is 2. The molecule has 0 radical (unpaired) electrons. The van der Waals surface area contributed by atoms with Gasteiger partial charge in [-0.1, -0.05) is 19.9 Å². The third-order valence-electron chi connectivity index (χ3n) is 4.22. The van der Waals surface area contributed by atoms with E-state index in [1.54, 1.807) is 7.11 Å². The minimum absolute atomic E-state index is 0.373. The van der Waals surface area contributed by atoms with Gasteiger partial charge in [0.05, 0.1) is 13.7 Å². The Balaban J connectivity index is 2.06. The maximum Gasteiger partial charge on any atom is 0.320 e. The van der Waals surface area contributed by atoms with Crippen LogP contribution in [0.4, 0.5) is 0 Å². The fraction of sp³-hybridized carbons (Fsp3) is 0.611. The first-order valence-corrected chi connectivity index (χ1v) is 8.28. The van der Waals surface area contributed by atoms with E-state index < -0.39 is 5.97 Å².